The number of halogens is 1. The van der Waals surface area contributed by atoms with Crippen molar-refractivity contribution < 1.29 is 4.79 Å². The molecular weight excluding hydrogens is 332 g/mol. The number of nitrogens with zero attached hydrogens (tertiary/aromatic N) is 2. The third-order valence-electron chi connectivity index (χ3n) is 2.80. The molecule has 0 fully saturated rings. The molecule has 2 rings (SSSR count). The molecule has 7 heteroatoms. The van der Waals surface area contributed by atoms with E-state index in [1.165, 1.54) is 11.8 Å². The number of rotatable bonds is 3. The first kappa shape index (κ1) is 16.9. The summed E-state index contributed by atoms with van der Waals surface area (Å²) in [4.78, 5) is 16.4. The zero-order valence-corrected chi connectivity index (χ0v) is 13.8. The van der Waals surface area contributed by atoms with Crippen molar-refractivity contribution in [3.63, 3.8) is 0 Å². The number of hydrogen-bond acceptors (Lipinski definition) is 4. The Bertz CT molecular complexity index is 768. The number of carbonyl (C=O) groups excluding carboxylic acids is 1. The second kappa shape index (κ2) is 8.22. The lowest BCUT2D eigenvalue weighted by molar-refractivity contribution is 0.102. The van der Waals surface area contributed by atoms with Crippen LogP contribution >= 0.6 is 23.4 Å². The monoisotopic (exact) mass is 344 g/mol. The van der Waals surface area contributed by atoms with Crippen LogP contribution in [0.1, 0.15) is 10.4 Å². The summed E-state index contributed by atoms with van der Waals surface area (Å²) in [6, 6.07) is 13.7. The fourth-order valence-electron chi connectivity index (χ4n) is 1.75. The molecule has 0 aliphatic carbocycles. The van der Waals surface area contributed by atoms with E-state index in [1.807, 2.05) is 12.4 Å². The van der Waals surface area contributed by atoms with E-state index in [1.54, 1.807) is 48.5 Å². The predicted octanol–water partition coefficient (Wildman–Crippen LogP) is 4.01. The van der Waals surface area contributed by atoms with Crippen LogP contribution in [0.25, 0.3) is 0 Å². The first-order valence-corrected chi connectivity index (χ1v) is 8.17. The molecule has 116 valence electrons. The van der Waals surface area contributed by atoms with Gasteiger partial charge < -0.3 is 5.32 Å². The van der Waals surface area contributed by atoms with Gasteiger partial charge in [0.25, 0.3) is 5.91 Å². The number of aliphatic imine (C=N–C) groups is 1. The smallest absolute Gasteiger partial charge is 0.255 e. The van der Waals surface area contributed by atoms with Gasteiger partial charge in [0.2, 0.25) is 0 Å². The van der Waals surface area contributed by atoms with Crippen LogP contribution in [0.4, 0.5) is 11.4 Å². The quantitative estimate of drug-likeness (QED) is 0.381. The highest BCUT2D eigenvalue weighted by Gasteiger charge is 2.06. The van der Waals surface area contributed by atoms with Gasteiger partial charge in [0.05, 0.1) is 5.69 Å². The molecule has 0 saturated carbocycles. The second-order valence-electron chi connectivity index (χ2n) is 4.37. The molecule has 0 saturated heterocycles. The average molecular weight is 345 g/mol. The standard InChI is InChI=1S/C16H13ClN4OS/c1-23-16(19-10-18)21-13-7-5-11(6-8-13)15(22)20-14-4-2-3-12(17)9-14/h2-9H,1H3,(H,19,21)(H,20,22). The number of amidine groups is 1. The minimum atomic E-state index is -0.233. The van der Waals surface area contributed by atoms with Gasteiger partial charge in [-0.05, 0) is 48.7 Å². The number of nitrogens with one attached hydrogen (secondary N) is 2. The van der Waals surface area contributed by atoms with Gasteiger partial charge in [-0.15, -0.1) is 0 Å². The van der Waals surface area contributed by atoms with Crippen molar-refractivity contribution in [1.82, 2.24) is 5.32 Å². The Balaban J connectivity index is 2.10. The maximum Gasteiger partial charge on any atom is 0.255 e. The van der Waals surface area contributed by atoms with Gasteiger partial charge in [0, 0.05) is 16.3 Å². The predicted molar refractivity (Wildman–Crippen MR) is 95.2 cm³/mol. The maximum absolute atomic E-state index is 12.2. The van der Waals surface area contributed by atoms with Crippen LogP contribution in [-0.4, -0.2) is 17.3 Å². The van der Waals surface area contributed by atoms with Crippen molar-refractivity contribution in [3.8, 4) is 6.19 Å². The van der Waals surface area contributed by atoms with Gasteiger partial charge in [0.1, 0.15) is 0 Å². The summed E-state index contributed by atoms with van der Waals surface area (Å²) in [5.41, 5.74) is 1.78. The molecule has 0 aliphatic rings. The third kappa shape index (κ3) is 5.02. The fourth-order valence-corrected chi connectivity index (χ4v) is 2.28. The third-order valence-corrected chi connectivity index (χ3v) is 3.61. The lowest BCUT2D eigenvalue weighted by Crippen LogP contribution is -2.12. The molecule has 0 aliphatic heterocycles. The van der Waals surface area contributed by atoms with E-state index in [-0.39, 0.29) is 5.91 Å². The van der Waals surface area contributed by atoms with Gasteiger partial charge in [-0.3, -0.25) is 10.1 Å². The number of hydrogen-bond donors (Lipinski definition) is 2. The highest BCUT2D eigenvalue weighted by atomic mass is 35.5. The van der Waals surface area contributed by atoms with E-state index < -0.39 is 0 Å². The van der Waals surface area contributed by atoms with Crippen molar-refractivity contribution in [2.45, 2.75) is 0 Å². The summed E-state index contributed by atoms with van der Waals surface area (Å²) < 4.78 is 0. The topological polar surface area (TPSA) is 77.3 Å². The average Bonchev–Trinajstić information content (AvgIpc) is 2.55. The Morgan fingerprint density at radius 1 is 1.26 bits per heavy atom. The Kier molecular flexibility index (Phi) is 6.03. The highest BCUT2D eigenvalue weighted by molar-refractivity contribution is 8.13. The SMILES string of the molecule is CSC(=Nc1ccc(C(=O)Nc2cccc(Cl)c2)cc1)NC#N. The molecule has 0 atom stereocenters. The number of carbonyl (C=O) groups is 1. The molecule has 0 aromatic heterocycles. The normalized spacial score (nSPS) is 10.7. The Morgan fingerprint density at radius 3 is 2.61 bits per heavy atom. The molecule has 0 spiro atoms. The second-order valence-corrected chi connectivity index (χ2v) is 5.60. The molecule has 2 aromatic carbocycles. The summed E-state index contributed by atoms with van der Waals surface area (Å²) in [6.07, 6.45) is 3.64. The minimum absolute atomic E-state index is 0.233. The number of anilines is 1. The molecule has 2 aromatic rings. The van der Waals surface area contributed by atoms with Crippen LogP contribution in [0.3, 0.4) is 0 Å². The number of nitriles is 1. The van der Waals surface area contributed by atoms with Crippen LogP contribution in [0.2, 0.25) is 5.02 Å². The Hall–Kier alpha value is -2.49. The summed E-state index contributed by atoms with van der Waals surface area (Å²) in [5.74, 6) is -0.233. The van der Waals surface area contributed by atoms with Crippen LogP contribution in [0.5, 0.6) is 0 Å². The van der Waals surface area contributed by atoms with Gasteiger partial charge in [-0.25, -0.2) is 4.99 Å². The van der Waals surface area contributed by atoms with Crippen molar-refractivity contribution in [2.24, 2.45) is 4.99 Å². The van der Waals surface area contributed by atoms with Crippen molar-refractivity contribution >= 4 is 45.8 Å². The van der Waals surface area contributed by atoms with Crippen LogP contribution in [-0.2, 0) is 0 Å². The summed E-state index contributed by atoms with van der Waals surface area (Å²) >= 11 is 7.21. The van der Waals surface area contributed by atoms with E-state index in [4.69, 9.17) is 16.9 Å². The molecular formula is C16H13ClN4OS. The molecule has 5 nitrogen and oxygen atoms in total. The minimum Gasteiger partial charge on any atom is -0.322 e. The van der Waals surface area contributed by atoms with Gasteiger partial charge >= 0.3 is 0 Å². The van der Waals surface area contributed by atoms with E-state index >= 15 is 0 Å². The largest absolute Gasteiger partial charge is 0.322 e. The molecule has 23 heavy (non-hydrogen) atoms. The van der Waals surface area contributed by atoms with Crippen LogP contribution in [0.15, 0.2) is 53.5 Å². The van der Waals surface area contributed by atoms with Crippen molar-refractivity contribution in [2.75, 3.05) is 11.6 Å². The van der Waals surface area contributed by atoms with Gasteiger partial charge in [0.15, 0.2) is 11.4 Å². The van der Waals surface area contributed by atoms with E-state index in [9.17, 15) is 4.79 Å². The molecule has 2 N–H and O–H groups in total. The zero-order chi connectivity index (χ0) is 16.7. The Labute approximate surface area is 143 Å². The van der Waals surface area contributed by atoms with Gasteiger partial charge in [-0.1, -0.05) is 29.4 Å². The molecule has 0 heterocycles. The molecule has 1 amide bonds. The van der Waals surface area contributed by atoms with Crippen LogP contribution < -0.4 is 10.6 Å². The molecule has 0 bridgehead atoms. The van der Waals surface area contributed by atoms with Crippen LogP contribution in [0, 0.1) is 11.5 Å². The summed E-state index contributed by atoms with van der Waals surface area (Å²) in [5, 5.41) is 14.9. The van der Waals surface area contributed by atoms with Gasteiger partial charge in [-0.2, -0.15) is 5.26 Å². The highest BCUT2D eigenvalue weighted by Crippen LogP contribution is 2.18. The maximum atomic E-state index is 12.2. The van der Waals surface area contributed by atoms with E-state index in [2.05, 4.69) is 15.6 Å². The first-order valence-electron chi connectivity index (χ1n) is 6.57. The molecule has 0 radical (unpaired) electrons. The first-order chi connectivity index (χ1) is 11.1. The van der Waals surface area contributed by atoms with Crippen molar-refractivity contribution in [1.29, 1.82) is 5.26 Å². The number of benzene rings is 2. The van der Waals surface area contributed by atoms with E-state index in [0.29, 0.717) is 27.1 Å². The number of thioether (sulfide) groups is 1. The summed E-state index contributed by atoms with van der Waals surface area (Å²) in [6.45, 7) is 0. The summed E-state index contributed by atoms with van der Waals surface area (Å²) in [7, 11) is 0. The molecule has 0 unspecified atom stereocenters. The Morgan fingerprint density at radius 2 is 2.00 bits per heavy atom. The fraction of sp³-hybridized carbons (Fsp3) is 0.0625. The van der Waals surface area contributed by atoms with E-state index in [0.717, 1.165) is 0 Å². The zero-order valence-electron chi connectivity index (χ0n) is 12.2. The lowest BCUT2D eigenvalue weighted by Gasteiger charge is -2.06. The van der Waals surface area contributed by atoms with Crippen molar-refractivity contribution in [3.05, 3.63) is 59.1 Å². The lowest BCUT2D eigenvalue weighted by atomic mass is 10.2. The number of amides is 1.